The van der Waals surface area contributed by atoms with E-state index in [0.717, 1.165) is 67.4 Å². The molecule has 0 saturated carbocycles. The fourth-order valence-electron chi connectivity index (χ4n) is 7.95. The summed E-state index contributed by atoms with van der Waals surface area (Å²) < 4.78 is 12.6. The average Bonchev–Trinajstić information content (AvgIpc) is 3.21. The van der Waals surface area contributed by atoms with Crippen molar-refractivity contribution in [3.8, 4) is 56.3 Å². The second-order valence-electron chi connectivity index (χ2n) is 15.3. The van der Waals surface area contributed by atoms with E-state index < -0.39 is 0 Å². The molecule has 0 spiro atoms. The maximum Gasteiger partial charge on any atom is 0.130 e. The molecule has 0 fully saturated rings. The van der Waals surface area contributed by atoms with Crippen molar-refractivity contribution in [2.24, 2.45) is 0 Å². The Hall–Kier alpha value is -5.06. The molecule has 6 aromatic carbocycles. The van der Waals surface area contributed by atoms with Gasteiger partial charge in [-0.2, -0.15) is 0 Å². The van der Waals surface area contributed by atoms with Crippen molar-refractivity contribution in [1.82, 2.24) is 4.98 Å². The Labute approximate surface area is 361 Å². The van der Waals surface area contributed by atoms with Crippen LogP contribution in [-0.4, -0.2) is 19.2 Å². The van der Waals surface area contributed by atoms with Gasteiger partial charge in [0.1, 0.15) is 11.5 Å². The van der Waals surface area contributed by atoms with Crippen molar-refractivity contribution < 1.29 is 35.3 Å². The van der Waals surface area contributed by atoms with E-state index in [9.17, 15) is 0 Å². The molecule has 290 valence electrons. The Bertz CT molecular complexity index is 2270. The second-order valence-corrected chi connectivity index (χ2v) is 15.3. The van der Waals surface area contributed by atoms with Crippen LogP contribution in [0.25, 0.3) is 44.8 Å². The summed E-state index contributed by atoms with van der Waals surface area (Å²) in [6.45, 7) is 13.4. The summed E-state index contributed by atoms with van der Waals surface area (Å²) in [6, 6.07) is 53.7. The minimum absolute atomic E-state index is 0. The molecule has 0 aliphatic rings. The Morgan fingerprint density at radius 2 is 0.737 bits per heavy atom. The Kier molecular flexibility index (Phi) is 14.5. The predicted molar refractivity (Wildman–Crippen MR) is 239 cm³/mol. The second kappa shape index (κ2) is 18.5. The van der Waals surface area contributed by atoms with Crippen LogP contribution >= 0.6 is 0 Å². The fraction of sp³-hybridized carbons (Fsp3) is 0.189. The van der Waals surface area contributed by atoms with Crippen LogP contribution in [0.3, 0.4) is 0 Å². The van der Waals surface area contributed by atoms with Crippen LogP contribution in [-0.2, 0) is 36.7 Å². The van der Waals surface area contributed by atoms with Gasteiger partial charge in [0.05, 0.1) is 25.6 Å². The topological polar surface area (TPSA) is 31.4 Å². The first-order valence-corrected chi connectivity index (χ1v) is 18.7. The van der Waals surface area contributed by atoms with Gasteiger partial charge in [-0.25, -0.2) is 4.98 Å². The van der Waals surface area contributed by atoms with Gasteiger partial charge < -0.3 is 24.3 Å². The number of pyridine rings is 1. The number of aryl methyl sites for hydroxylation is 2. The number of benzene rings is 6. The molecule has 0 saturated heterocycles. The fourth-order valence-corrected chi connectivity index (χ4v) is 7.95. The molecule has 0 bridgehead atoms. The van der Waals surface area contributed by atoms with Crippen LogP contribution in [0.15, 0.2) is 152 Å². The Morgan fingerprint density at radius 3 is 1.09 bits per heavy atom. The van der Waals surface area contributed by atoms with Crippen LogP contribution in [0.1, 0.15) is 61.1 Å². The SMILES string of the molecule is COc1c(-c2ccccc2-c2cccc(-c3ccccc3-c3cc(C)cc(C(C)(C)c4ccccc4)c3OC)n2)cc(C)cc1C(C)(C)c1ccccc1.[CH3-].[CH3-].[Hf]. The average molecular weight is 917 g/mol. The monoisotopic (exact) mass is 917 g/mol. The number of hydrogen-bond acceptors (Lipinski definition) is 3. The van der Waals surface area contributed by atoms with Gasteiger partial charge in [-0.3, -0.25) is 0 Å². The molecule has 7 rings (SSSR count). The van der Waals surface area contributed by atoms with Crippen molar-refractivity contribution in [3.05, 3.63) is 200 Å². The first-order chi connectivity index (χ1) is 26.0. The van der Waals surface area contributed by atoms with Crippen molar-refractivity contribution in [2.75, 3.05) is 14.2 Å². The van der Waals surface area contributed by atoms with Crippen molar-refractivity contribution >= 4 is 0 Å². The molecule has 0 aliphatic heterocycles. The van der Waals surface area contributed by atoms with Crippen LogP contribution in [0.4, 0.5) is 0 Å². The largest absolute Gasteiger partial charge is 0.496 e. The molecular formula is C53H55HfNO2-2. The molecule has 1 heterocycles. The molecule has 0 aliphatic carbocycles. The number of rotatable bonds is 10. The van der Waals surface area contributed by atoms with E-state index in [4.69, 9.17) is 14.5 Å². The zero-order valence-electron chi connectivity index (χ0n) is 35.2. The number of methoxy groups -OCH3 is 2. The van der Waals surface area contributed by atoms with Gasteiger partial charge in [-0.1, -0.05) is 155 Å². The van der Waals surface area contributed by atoms with E-state index in [1.165, 1.54) is 22.3 Å². The van der Waals surface area contributed by atoms with Crippen LogP contribution < -0.4 is 9.47 Å². The van der Waals surface area contributed by atoms with Gasteiger partial charge in [0, 0.05) is 70.1 Å². The summed E-state index contributed by atoms with van der Waals surface area (Å²) in [6.07, 6.45) is 0. The molecule has 0 amide bonds. The molecule has 1 aromatic heterocycles. The third-order valence-corrected chi connectivity index (χ3v) is 10.9. The van der Waals surface area contributed by atoms with E-state index in [1.807, 2.05) is 0 Å². The molecule has 3 nitrogen and oxygen atoms in total. The van der Waals surface area contributed by atoms with Gasteiger partial charge in [0.2, 0.25) is 0 Å². The van der Waals surface area contributed by atoms with E-state index in [1.54, 1.807) is 14.2 Å². The van der Waals surface area contributed by atoms with Gasteiger partial charge in [0.25, 0.3) is 0 Å². The normalized spacial score (nSPS) is 11.1. The molecule has 7 aromatic rings. The molecule has 0 unspecified atom stereocenters. The maximum absolute atomic E-state index is 6.30. The smallest absolute Gasteiger partial charge is 0.130 e. The van der Waals surface area contributed by atoms with Gasteiger partial charge in [0.15, 0.2) is 0 Å². The quantitative estimate of drug-likeness (QED) is 0.101. The maximum atomic E-state index is 6.30. The van der Waals surface area contributed by atoms with Crippen LogP contribution in [0.2, 0.25) is 0 Å². The molecule has 0 atom stereocenters. The standard InChI is InChI=1S/C51H49NO2.2CH3.Hf/c1-34-30-42(48(53-7)44(32-34)50(3,4)36-20-11-9-12-21-36)38-24-15-17-26-40(38)46-28-19-29-47(52-46)41-27-18-16-25-39(41)43-31-35(2)33-45(49(43)54-8)51(5,6)37-22-13-10-14-23-37;;;/h9-33H,1-8H3;2*1H3;/q;2*-1;. The first-order valence-electron chi connectivity index (χ1n) is 18.7. The van der Waals surface area contributed by atoms with Gasteiger partial charge in [-0.05, 0) is 71.5 Å². The molecule has 57 heavy (non-hydrogen) atoms. The number of aromatic nitrogens is 1. The van der Waals surface area contributed by atoms with E-state index in [0.29, 0.717) is 0 Å². The summed E-state index contributed by atoms with van der Waals surface area (Å²) in [5.74, 6) is 1.76. The first kappa shape index (κ1) is 44.7. The Morgan fingerprint density at radius 1 is 0.404 bits per heavy atom. The summed E-state index contributed by atoms with van der Waals surface area (Å²) in [5.41, 5.74) is 14.7. The molecule has 0 radical (unpaired) electrons. The zero-order valence-corrected chi connectivity index (χ0v) is 38.8. The summed E-state index contributed by atoms with van der Waals surface area (Å²) in [5, 5.41) is 0. The van der Waals surface area contributed by atoms with Gasteiger partial charge >= 0.3 is 0 Å². The minimum Gasteiger partial charge on any atom is -0.496 e. The van der Waals surface area contributed by atoms with Crippen molar-refractivity contribution in [1.29, 1.82) is 0 Å². The van der Waals surface area contributed by atoms with E-state index >= 15 is 0 Å². The van der Waals surface area contributed by atoms with Crippen molar-refractivity contribution in [3.63, 3.8) is 0 Å². The van der Waals surface area contributed by atoms with E-state index in [-0.39, 0.29) is 51.5 Å². The predicted octanol–water partition coefficient (Wildman–Crippen LogP) is 13.9. The molecule has 0 N–H and O–H groups in total. The summed E-state index contributed by atoms with van der Waals surface area (Å²) in [4.78, 5) is 5.40. The van der Waals surface area contributed by atoms with E-state index in [2.05, 4.69) is 193 Å². The Balaban J connectivity index is 0.00000240. The molecule has 4 heteroatoms. The number of nitrogens with zero attached hydrogens (tertiary/aromatic N) is 1. The third kappa shape index (κ3) is 8.62. The minimum atomic E-state index is -0.281. The summed E-state index contributed by atoms with van der Waals surface area (Å²) in [7, 11) is 3.56. The summed E-state index contributed by atoms with van der Waals surface area (Å²) >= 11 is 0. The number of hydrogen-bond donors (Lipinski definition) is 0. The van der Waals surface area contributed by atoms with Gasteiger partial charge in [-0.15, -0.1) is 0 Å². The van der Waals surface area contributed by atoms with Crippen molar-refractivity contribution in [2.45, 2.75) is 52.4 Å². The molecular weight excluding hydrogens is 861 g/mol. The number of ether oxygens (including phenoxy) is 2. The third-order valence-electron chi connectivity index (χ3n) is 10.9. The van der Waals surface area contributed by atoms with Crippen LogP contribution in [0.5, 0.6) is 11.5 Å². The van der Waals surface area contributed by atoms with Crippen LogP contribution in [0, 0.1) is 28.7 Å². The zero-order chi connectivity index (χ0) is 38.0.